The summed E-state index contributed by atoms with van der Waals surface area (Å²) in [6, 6.07) is -0.746. The van der Waals surface area contributed by atoms with Crippen LogP contribution in [0.5, 0.6) is 0 Å². The molecule has 3 amide bonds. The number of nitrogens with one attached hydrogen (secondary N) is 2. The van der Waals surface area contributed by atoms with Gasteiger partial charge in [0.25, 0.3) is 5.91 Å². The van der Waals surface area contributed by atoms with Crippen molar-refractivity contribution in [3.8, 4) is 0 Å². The first kappa shape index (κ1) is 18.5. The minimum atomic E-state index is -0.390. The van der Waals surface area contributed by atoms with Gasteiger partial charge in [-0.3, -0.25) is 15.1 Å². The molecule has 0 radical (unpaired) electrons. The molecule has 0 aromatic carbocycles. The molecule has 2 heterocycles. The Labute approximate surface area is 144 Å². The van der Waals surface area contributed by atoms with Gasteiger partial charge >= 0.3 is 6.03 Å². The molecule has 2 saturated heterocycles. The van der Waals surface area contributed by atoms with Crippen molar-refractivity contribution in [2.75, 3.05) is 20.1 Å². The standard InChI is InChI=1S/C17H31N5O2/c1-4-6-7-8-9-10-12-22-13-14(19-16(22)18-11-5-2)21(3)17(24)20-15(13)23/h13-14H,4-12H2,1-3H3,(H,18,19)(H,20,23,24). The Hall–Kier alpha value is -1.79. The maximum atomic E-state index is 12.3. The van der Waals surface area contributed by atoms with Crippen molar-refractivity contribution in [2.24, 2.45) is 4.99 Å². The highest BCUT2D eigenvalue weighted by Gasteiger charge is 2.49. The quantitative estimate of drug-likeness (QED) is 0.630. The van der Waals surface area contributed by atoms with Gasteiger partial charge in [0.05, 0.1) is 0 Å². The minimum Gasteiger partial charge on any atom is -0.334 e. The number of carbonyl (C=O) groups is 2. The van der Waals surface area contributed by atoms with Crippen molar-refractivity contribution in [3.63, 3.8) is 0 Å². The number of carbonyl (C=O) groups excluding carboxylic acids is 2. The molecule has 7 heteroatoms. The van der Waals surface area contributed by atoms with E-state index in [9.17, 15) is 9.59 Å². The number of urea groups is 1. The fourth-order valence-electron chi connectivity index (χ4n) is 3.25. The largest absolute Gasteiger partial charge is 0.334 e. The first-order valence-electron chi connectivity index (χ1n) is 9.25. The summed E-state index contributed by atoms with van der Waals surface area (Å²) in [4.78, 5) is 32.3. The van der Waals surface area contributed by atoms with E-state index in [2.05, 4.69) is 29.5 Å². The maximum absolute atomic E-state index is 12.3. The van der Waals surface area contributed by atoms with Crippen molar-refractivity contribution in [2.45, 2.75) is 71.0 Å². The van der Waals surface area contributed by atoms with Crippen molar-refractivity contribution < 1.29 is 9.59 Å². The molecule has 0 aliphatic carbocycles. The molecule has 2 unspecified atom stereocenters. The lowest BCUT2D eigenvalue weighted by Crippen LogP contribution is -2.64. The molecule has 0 aromatic rings. The highest BCUT2D eigenvalue weighted by Crippen LogP contribution is 2.21. The van der Waals surface area contributed by atoms with Gasteiger partial charge in [-0.15, -0.1) is 0 Å². The fourth-order valence-corrected chi connectivity index (χ4v) is 3.25. The molecule has 2 aliphatic rings. The summed E-state index contributed by atoms with van der Waals surface area (Å²) in [5.41, 5.74) is 0. The smallest absolute Gasteiger partial charge is 0.325 e. The Bertz CT molecular complexity index is 480. The number of aliphatic imine (C=N–C) groups is 1. The Kier molecular flexibility index (Phi) is 6.87. The molecule has 24 heavy (non-hydrogen) atoms. The van der Waals surface area contributed by atoms with Gasteiger partial charge in [0.2, 0.25) is 0 Å². The van der Waals surface area contributed by atoms with Crippen molar-refractivity contribution in [1.29, 1.82) is 0 Å². The summed E-state index contributed by atoms with van der Waals surface area (Å²) in [6.07, 6.45) is 7.84. The second-order valence-corrected chi connectivity index (χ2v) is 6.61. The van der Waals surface area contributed by atoms with Crippen LogP contribution in [0.3, 0.4) is 0 Å². The third kappa shape index (κ3) is 4.19. The number of rotatable bonds is 9. The summed E-state index contributed by atoms with van der Waals surface area (Å²) in [6.45, 7) is 5.80. The average molecular weight is 337 g/mol. The maximum Gasteiger partial charge on any atom is 0.325 e. The van der Waals surface area contributed by atoms with Crippen LogP contribution < -0.4 is 10.6 Å². The van der Waals surface area contributed by atoms with E-state index in [0.717, 1.165) is 31.8 Å². The molecule has 2 rings (SSSR count). The van der Waals surface area contributed by atoms with Crippen LogP contribution in [0, 0.1) is 0 Å². The summed E-state index contributed by atoms with van der Waals surface area (Å²) >= 11 is 0. The normalized spacial score (nSPS) is 25.0. The fraction of sp³-hybridized carbons (Fsp3) is 0.824. The van der Waals surface area contributed by atoms with Gasteiger partial charge in [0, 0.05) is 20.1 Å². The summed E-state index contributed by atoms with van der Waals surface area (Å²) in [5.74, 6) is 0.514. The Morgan fingerprint density at radius 2 is 1.75 bits per heavy atom. The van der Waals surface area contributed by atoms with Crippen LogP contribution in [-0.2, 0) is 4.79 Å². The van der Waals surface area contributed by atoms with Crippen LogP contribution in [0.15, 0.2) is 4.99 Å². The number of hydrogen-bond donors (Lipinski definition) is 2. The molecule has 0 bridgehead atoms. The lowest BCUT2D eigenvalue weighted by atomic mass is 10.1. The Morgan fingerprint density at radius 1 is 1.04 bits per heavy atom. The zero-order valence-corrected chi connectivity index (χ0v) is 15.2. The topological polar surface area (TPSA) is 77.0 Å². The van der Waals surface area contributed by atoms with Crippen molar-refractivity contribution in [3.05, 3.63) is 0 Å². The molecule has 2 aliphatic heterocycles. The lowest BCUT2D eigenvalue weighted by molar-refractivity contribution is -0.127. The molecule has 0 aromatic heterocycles. The number of likely N-dealkylation sites (N-methyl/N-ethyl adjacent to an activating group) is 1. The second kappa shape index (κ2) is 8.89. The van der Waals surface area contributed by atoms with E-state index in [1.54, 1.807) is 11.9 Å². The van der Waals surface area contributed by atoms with Gasteiger partial charge in [-0.25, -0.2) is 4.79 Å². The summed E-state index contributed by atoms with van der Waals surface area (Å²) in [5, 5.41) is 5.71. The van der Waals surface area contributed by atoms with Crippen molar-refractivity contribution in [1.82, 2.24) is 20.4 Å². The number of guanidine groups is 1. The van der Waals surface area contributed by atoms with Gasteiger partial charge < -0.3 is 15.1 Å². The molecular weight excluding hydrogens is 306 g/mol. The van der Waals surface area contributed by atoms with E-state index in [4.69, 9.17) is 0 Å². The zero-order valence-electron chi connectivity index (χ0n) is 15.2. The number of imide groups is 1. The van der Waals surface area contributed by atoms with Gasteiger partial charge in [0.1, 0.15) is 6.17 Å². The monoisotopic (exact) mass is 337 g/mol. The third-order valence-electron chi connectivity index (χ3n) is 4.66. The SMILES string of the molecule is CCCCCCCCN1C(=NCCC)NC2C1C(=O)NC(=O)N2C. The van der Waals surface area contributed by atoms with Crippen LogP contribution >= 0.6 is 0 Å². The van der Waals surface area contributed by atoms with Gasteiger partial charge in [-0.05, 0) is 12.8 Å². The minimum absolute atomic E-state index is 0.233. The predicted octanol–water partition coefficient (Wildman–Crippen LogP) is 1.89. The first-order chi connectivity index (χ1) is 11.6. The molecule has 2 atom stereocenters. The van der Waals surface area contributed by atoms with E-state index >= 15 is 0 Å². The molecular formula is C17H31N5O2. The summed E-state index contributed by atoms with van der Waals surface area (Å²) in [7, 11) is 1.71. The number of hydrogen-bond acceptors (Lipinski definition) is 3. The highest BCUT2D eigenvalue weighted by atomic mass is 16.2. The molecule has 0 spiro atoms. The van der Waals surface area contributed by atoms with Crippen molar-refractivity contribution >= 4 is 17.9 Å². The number of fused-ring (bicyclic) bond motifs is 1. The van der Waals surface area contributed by atoms with Crippen LogP contribution in [0.2, 0.25) is 0 Å². The zero-order chi connectivity index (χ0) is 17.5. The van der Waals surface area contributed by atoms with Gasteiger partial charge in [-0.1, -0.05) is 46.0 Å². The first-order valence-corrected chi connectivity index (χ1v) is 9.25. The highest BCUT2D eigenvalue weighted by molar-refractivity contribution is 6.04. The molecule has 136 valence electrons. The Balaban J connectivity index is 2.00. The van der Waals surface area contributed by atoms with Crippen LogP contribution in [0.4, 0.5) is 4.79 Å². The average Bonchev–Trinajstić information content (AvgIpc) is 2.93. The van der Waals surface area contributed by atoms with Crippen LogP contribution in [0.25, 0.3) is 0 Å². The van der Waals surface area contributed by atoms with Crippen LogP contribution in [0.1, 0.15) is 58.8 Å². The second-order valence-electron chi connectivity index (χ2n) is 6.61. The summed E-state index contributed by atoms with van der Waals surface area (Å²) < 4.78 is 0. The van der Waals surface area contributed by atoms with Gasteiger partial charge in [-0.2, -0.15) is 0 Å². The third-order valence-corrected chi connectivity index (χ3v) is 4.66. The number of amides is 3. The lowest BCUT2D eigenvalue weighted by Gasteiger charge is -2.35. The number of nitrogens with zero attached hydrogens (tertiary/aromatic N) is 3. The van der Waals surface area contributed by atoms with E-state index in [0.29, 0.717) is 6.54 Å². The Morgan fingerprint density at radius 3 is 2.46 bits per heavy atom. The van der Waals surface area contributed by atoms with Crippen LogP contribution in [-0.4, -0.2) is 60.0 Å². The molecule has 2 fully saturated rings. The van der Waals surface area contributed by atoms with E-state index in [1.807, 2.05) is 4.90 Å². The van der Waals surface area contributed by atoms with E-state index in [-0.39, 0.29) is 24.1 Å². The van der Waals surface area contributed by atoms with Gasteiger partial charge in [0.15, 0.2) is 12.0 Å². The van der Waals surface area contributed by atoms with E-state index in [1.165, 1.54) is 25.7 Å². The number of unbranched alkanes of at least 4 members (excludes halogenated alkanes) is 5. The predicted molar refractivity (Wildman–Crippen MR) is 94.7 cm³/mol. The molecule has 7 nitrogen and oxygen atoms in total. The molecule has 0 saturated carbocycles. The van der Waals surface area contributed by atoms with E-state index < -0.39 is 0 Å². The molecule has 2 N–H and O–H groups in total.